The van der Waals surface area contributed by atoms with Crippen molar-refractivity contribution < 1.29 is 24.1 Å². The van der Waals surface area contributed by atoms with Gasteiger partial charge in [0.1, 0.15) is 24.2 Å². The van der Waals surface area contributed by atoms with E-state index in [2.05, 4.69) is 11.8 Å². The van der Waals surface area contributed by atoms with Gasteiger partial charge < -0.3 is 19.3 Å². The summed E-state index contributed by atoms with van der Waals surface area (Å²) in [6, 6.07) is 17.8. The maximum atomic E-state index is 11.8. The lowest BCUT2D eigenvalue weighted by molar-refractivity contribution is -0.147. The van der Waals surface area contributed by atoms with E-state index >= 15 is 0 Å². The Hall–Kier alpha value is -3.36. The van der Waals surface area contributed by atoms with Gasteiger partial charge in [-0.3, -0.25) is 9.69 Å². The van der Waals surface area contributed by atoms with Gasteiger partial charge in [-0.15, -0.1) is 0 Å². The van der Waals surface area contributed by atoms with Crippen LogP contribution in [0.4, 0.5) is 0 Å². The zero-order chi connectivity index (χ0) is 26.2. The third-order valence-electron chi connectivity index (χ3n) is 6.39. The first kappa shape index (κ1) is 26.7. The highest BCUT2D eigenvalue weighted by atomic mass is 16.5. The molecule has 8 nitrogen and oxygen atoms in total. The van der Waals surface area contributed by atoms with Crippen LogP contribution in [-0.2, 0) is 22.5 Å². The van der Waals surface area contributed by atoms with Crippen LogP contribution in [0.5, 0.6) is 17.4 Å². The van der Waals surface area contributed by atoms with Crippen molar-refractivity contribution >= 4 is 5.97 Å². The van der Waals surface area contributed by atoms with Crippen molar-refractivity contribution in [3.8, 4) is 23.1 Å². The molecule has 1 aliphatic carbocycles. The quantitative estimate of drug-likeness (QED) is 0.311. The Balaban J connectivity index is 1.61. The summed E-state index contributed by atoms with van der Waals surface area (Å²) in [5.74, 6) is 1.82. The molecule has 0 spiro atoms. The summed E-state index contributed by atoms with van der Waals surface area (Å²) in [5, 5.41) is 15.6. The molecule has 4 rings (SSSR count). The van der Waals surface area contributed by atoms with Crippen molar-refractivity contribution in [1.29, 1.82) is 0 Å². The summed E-state index contributed by atoms with van der Waals surface area (Å²) in [6.45, 7) is 5.00. The molecule has 0 amide bonds. The summed E-state index contributed by atoms with van der Waals surface area (Å²) in [5.41, 5.74) is 2.85. The Bertz CT molecular complexity index is 1140. The Labute approximate surface area is 218 Å². The Morgan fingerprint density at radius 3 is 2.43 bits per heavy atom. The molecule has 0 bridgehead atoms. The average Bonchev–Trinajstić information content (AvgIpc) is 3.72. The van der Waals surface area contributed by atoms with Gasteiger partial charge in [0.2, 0.25) is 5.88 Å². The van der Waals surface area contributed by atoms with E-state index in [0.29, 0.717) is 37.2 Å². The number of methoxy groups -OCH3 is 1. The normalized spacial score (nSPS) is 14.0. The van der Waals surface area contributed by atoms with E-state index in [1.165, 1.54) is 0 Å². The van der Waals surface area contributed by atoms with Gasteiger partial charge in [0.15, 0.2) is 0 Å². The molecule has 1 aliphatic rings. The highest BCUT2D eigenvalue weighted by Crippen LogP contribution is 2.36. The number of rotatable bonds is 14. The van der Waals surface area contributed by atoms with Crippen molar-refractivity contribution in [2.45, 2.75) is 64.6 Å². The lowest BCUT2D eigenvalue weighted by atomic mass is 10.1. The van der Waals surface area contributed by atoms with Crippen molar-refractivity contribution in [2.24, 2.45) is 0 Å². The first-order valence-electron chi connectivity index (χ1n) is 13.1. The Kier molecular flexibility index (Phi) is 9.19. The summed E-state index contributed by atoms with van der Waals surface area (Å²) >= 11 is 0. The van der Waals surface area contributed by atoms with E-state index in [0.717, 1.165) is 48.4 Å². The fourth-order valence-corrected chi connectivity index (χ4v) is 4.30. The molecule has 0 saturated heterocycles. The third-order valence-corrected chi connectivity index (χ3v) is 6.39. The average molecular weight is 508 g/mol. The molecule has 0 unspecified atom stereocenters. The number of aliphatic hydroxyl groups is 1. The van der Waals surface area contributed by atoms with Gasteiger partial charge in [0, 0.05) is 25.6 Å². The molecule has 2 aromatic carbocycles. The highest BCUT2D eigenvalue weighted by molar-refractivity contribution is 5.69. The van der Waals surface area contributed by atoms with Crippen LogP contribution in [0.3, 0.4) is 0 Å². The molecule has 1 saturated carbocycles. The number of ether oxygens (including phenoxy) is 3. The second-order valence-corrected chi connectivity index (χ2v) is 9.36. The molecule has 37 heavy (non-hydrogen) atoms. The van der Waals surface area contributed by atoms with Gasteiger partial charge >= 0.3 is 5.97 Å². The standard InChI is InChI=1S/C29H37N3O5/c1-4-9-28(34)36-20-23(33)18-31(21-12-13-21)19-26-27(5-2)30-32(22-10-7-6-8-11-22)29(26)37-25-16-14-24(35-3)15-17-25/h6-8,10-11,14-17,21,23,33H,4-5,9,12-13,18-20H2,1-3H3/t23-/m0/s1. The molecule has 0 radical (unpaired) electrons. The number of nitrogens with zero attached hydrogens (tertiary/aromatic N) is 3. The maximum absolute atomic E-state index is 11.8. The highest BCUT2D eigenvalue weighted by Gasteiger charge is 2.33. The number of aryl methyl sites for hydroxylation is 1. The van der Waals surface area contributed by atoms with Gasteiger partial charge in [-0.05, 0) is 62.1 Å². The molecule has 1 aromatic heterocycles. The van der Waals surface area contributed by atoms with Crippen molar-refractivity contribution in [2.75, 3.05) is 20.3 Å². The van der Waals surface area contributed by atoms with Gasteiger partial charge in [0.25, 0.3) is 0 Å². The molecular weight excluding hydrogens is 470 g/mol. The molecule has 8 heteroatoms. The second-order valence-electron chi connectivity index (χ2n) is 9.36. The number of hydrogen-bond acceptors (Lipinski definition) is 7. The van der Waals surface area contributed by atoms with Crippen LogP contribution in [-0.4, -0.2) is 58.2 Å². The van der Waals surface area contributed by atoms with E-state index in [-0.39, 0.29) is 12.6 Å². The smallest absolute Gasteiger partial charge is 0.305 e. The first-order valence-corrected chi connectivity index (χ1v) is 13.1. The van der Waals surface area contributed by atoms with Crippen LogP contribution in [0.15, 0.2) is 54.6 Å². The van der Waals surface area contributed by atoms with Crippen molar-refractivity contribution in [3.05, 3.63) is 65.9 Å². The molecule has 1 N–H and O–H groups in total. The topological polar surface area (TPSA) is 86.1 Å². The van der Waals surface area contributed by atoms with E-state index in [9.17, 15) is 9.90 Å². The maximum Gasteiger partial charge on any atom is 0.305 e. The predicted molar refractivity (Wildman–Crippen MR) is 141 cm³/mol. The van der Waals surface area contributed by atoms with Crippen molar-refractivity contribution in [3.63, 3.8) is 0 Å². The van der Waals surface area contributed by atoms with Gasteiger partial charge in [-0.1, -0.05) is 32.0 Å². The summed E-state index contributed by atoms with van der Waals surface area (Å²) in [4.78, 5) is 14.0. The minimum Gasteiger partial charge on any atom is -0.497 e. The number of aliphatic hydroxyl groups excluding tert-OH is 1. The van der Waals surface area contributed by atoms with E-state index in [1.54, 1.807) is 7.11 Å². The first-order chi connectivity index (χ1) is 18.0. The van der Waals surface area contributed by atoms with Crippen molar-refractivity contribution in [1.82, 2.24) is 14.7 Å². The SMILES string of the molecule is CCCC(=O)OC[C@@H](O)CN(Cc1c(CC)nn(-c2ccccc2)c1Oc1ccc(OC)cc1)C1CC1. The summed E-state index contributed by atoms with van der Waals surface area (Å²) in [6.07, 6.45) is 3.22. The van der Waals surface area contributed by atoms with Crippen LogP contribution < -0.4 is 9.47 Å². The Morgan fingerprint density at radius 2 is 1.81 bits per heavy atom. The zero-order valence-corrected chi connectivity index (χ0v) is 21.9. The molecule has 198 valence electrons. The zero-order valence-electron chi connectivity index (χ0n) is 21.9. The second kappa shape index (κ2) is 12.7. The number of carbonyl (C=O) groups excluding carboxylic acids is 1. The molecule has 1 heterocycles. The number of benzene rings is 2. The fraction of sp³-hybridized carbons (Fsp3) is 0.448. The lowest BCUT2D eigenvalue weighted by Crippen LogP contribution is -2.36. The van der Waals surface area contributed by atoms with Crippen LogP contribution in [0.25, 0.3) is 5.69 Å². The molecular formula is C29H37N3O5. The molecule has 1 atom stereocenters. The van der Waals surface area contributed by atoms with Gasteiger partial charge in [-0.25, -0.2) is 4.68 Å². The predicted octanol–water partition coefficient (Wildman–Crippen LogP) is 4.90. The lowest BCUT2D eigenvalue weighted by Gasteiger charge is -2.25. The van der Waals surface area contributed by atoms with E-state index in [1.807, 2.05) is 66.2 Å². The number of carbonyl (C=O) groups is 1. The minimum absolute atomic E-state index is 0.00116. The largest absolute Gasteiger partial charge is 0.497 e. The van der Waals surface area contributed by atoms with Crippen LogP contribution in [0.2, 0.25) is 0 Å². The number of aromatic nitrogens is 2. The van der Waals surface area contributed by atoms with Crippen LogP contribution in [0.1, 0.15) is 50.8 Å². The molecule has 3 aromatic rings. The fourth-order valence-electron chi connectivity index (χ4n) is 4.30. The van der Waals surface area contributed by atoms with Gasteiger partial charge in [0.05, 0.1) is 24.1 Å². The Morgan fingerprint density at radius 1 is 1.11 bits per heavy atom. The van der Waals surface area contributed by atoms with Gasteiger partial charge in [-0.2, -0.15) is 5.10 Å². The monoisotopic (exact) mass is 507 g/mol. The van der Waals surface area contributed by atoms with E-state index in [4.69, 9.17) is 19.3 Å². The summed E-state index contributed by atoms with van der Waals surface area (Å²) in [7, 11) is 1.64. The third kappa shape index (κ3) is 7.11. The number of hydrogen-bond donors (Lipinski definition) is 1. The van der Waals surface area contributed by atoms with Crippen LogP contribution in [0, 0.1) is 0 Å². The molecule has 0 aliphatic heterocycles. The number of esters is 1. The molecule has 1 fully saturated rings. The minimum atomic E-state index is -0.762. The van der Waals surface area contributed by atoms with E-state index < -0.39 is 6.10 Å². The van der Waals surface area contributed by atoms with Crippen LogP contribution >= 0.6 is 0 Å². The number of para-hydroxylation sites is 1. The summed E-state index contributed by atoms with van der Waals surface area (Å²) < 4.78 is 18.9.